The normalized spacial score (nSPS) is 16.4. The number of carbonyl (C=O) groups is 1. The molecule has 1 aliphatic rings. The zero-order valence-corrected chi connectivity index (χ0v) is 18.8. The van der Waals surface area contributed by atoms with Crippen LogP contribution in [0.1, 0.15) is 34.7 Å². The number of nitrogens with zero attached hydrogens (tertiary/aromatic N) is 3. The third-order valence-corrected chi connectivity index (χ3v) is 5.99. The van der Waals surface area contributed by atoms with Gasteiger partial charge in [0.25, 0.3) is 0 Å². The second-order valence-electron chi connectivity index (χ2n) is 8.32. The van der Waals surface area contributed by atoms with Crippen molar-refractivity contribution in [3.63, 3.8) is 0 Å². The van der Waals surface area contributed by atoms with Crippen LogP contribution in [-0.4, -0.2) is 41.7 Å². The van der Waals surface area contributed by atoms with Gasteiger partial charge in [-0.1, -0.05) is 24.3 Å². The van der Waals surface area contributed by atoms with E-state index in [1.54, 1.807) is 36.5 Å². The van der Waals surface area contributed by atoms with E-state index in [1.807, 2.05) is 11.0 Å². The number of alkyl halides is 1. The zero-order valence-electron chi connectivity index (χ0n) is 18.8. The fourth-order valence-electron chi connectivity index (χ4n) is 4.31. The molecular formula is C25H28F2N6O. The molecule has 9 heteroatoms. The van der Waals surface area contributed by atoms with E-state index in [2.05, 4.69) is 10.3 Å². The molecule has 0 saturated carbocycles. The SMILES string of the molecule is NCc1ncccc1C(C(N)=O)c1ccc(N2CC[C@H](F)C2)nc1NCCc1cccc(F)c1. The van der Waals surface area contributed by atoms with Gasteiger partial charge in [-0.2, -0.15) is 0 Å². The van der Waals surface area contributed by atoms with Crippen molar-refractivity contribution in [1.29, 1.82) is 0 Å². The van der Waals surface area contributed by atoms with Crippen molar-refractivity contribution in [1.82, 2.24) is 9.97 Å². The van der Waals surface area contributed by atoms with Gasteiger partial charge >= 0.3 is 0 Å². The maximum atomic E-state index is 13.8. The van der Waals surface area contributed by atoms with Crippen LogP contribution in [-0.2, 0) is 17.8 Å². The molecule has 1 aliphatic heterocycles. The van der Waals surface area contributed by atoms with Gasteiger partial charge in [-0.05, 0) is 48.2 Å². The molecule has 0 aliphatic carbocycles. The van der Waals surface area contributed by atoms with E-state index < -0.39 is 18.0 Å². The van der Waals surface area contributed by atoms with Crippen molar-refractivity contribution in [2.75, 3.05) is 29.9 Å². The van der Waals surface area contributed by atoms with Gasteiger partial charge in [0.15, 0.2) is 0 Å². The van der Waals surface area contributed by atoms with E-state index in [0.717, 1.165) is 5.56 Å². The number of rotatable bonds is 9. The summed E-state index contributed by atoms with van der Waals surface area (Å²) in [5, 5.41) is 3.29. The van der Waals surface area contributed by atoms with Gasteiger partial charge in [0.2, 0.25) is 5.91 Å². The first kappa shape index (κ1) is 23.6. The van der Waals surface area contributed by atoms with Gasteiger partial charge in [-0.15, -0.1) is 0 Å². The first-order chi connectivity index (χ1) is 16.5. The fraction of sp³-hybridized carbons (Fsp3) is 0.320. The Morgan fingerprint density at radius 1 is 1.21 bits per heavy atom. The summed E-state index contributed by atoms with van der Waals surface area (Å²) >= 11 is 0. The highest BCUT2D eigenvalue weighted by atomic mass is 19.1. The number of carbonyl (C=O) groups excluding carboxylic acids is 1. The molecule has 5 N–H and O–H groups in total. The van der Waals surface area contributed by atoms with Crippen LogP contribution >= 0.6 is 0 Å². The number of aromatic nitrogens is 2. The molecule has 1 fully saturated rings. The standard InChI is InChI=1S/C25H28F2N6O/c26-17-4-1-3-16(13-17)8-11-31-25-20(6-7-22(32-25)33-12-9-18(27)15-33)23(24(29)34)19-5-2-10-30-21(19)14-28/h1-7,10,13,18,23H,8-9,11-12,14-15,28H2,(H2,29,34)(H,31,32)/t18-,23?/m0/s1. The van der Waals surface area contributed by atoms with Crippen molar-refractivity contribution in [2.45, 2.75) is 31.5 Å². The highest BCUT2D eigenvalue weighted by Crippen LogP contribution is 2.33. The Kier molecular flexibility index (Phi) is 7.32. The molecule has 1 saturated heterocycles. The van der Waals surface area contributed by atoms with Crippen LogP contribution in [0.3, 0.4) is 0 Å². The molecule has 0 spiro atoms. The molecule has 1 unspecified atom stereocenters. The van der Waals surface area contributed by atoms with E-state index in [4.69, 9.17) is 16.5 Å². The minimum Gasteiger partial charge on any atom is -0.369 e. The summed E-state index contributed by atoms with van der Waals surface area (Å²) in [7, 11) is 0. The van der Waals surface area contributed by atoms with Crippen LogP contribution in [0.25, 0.3) is 0 Å². The summed E-state index contributed by atoms with van der Waals surface area (Å²) < 4.78 is 27.4. The predicted octanol–water partition coefficient (Wildman–Crippen LogP) is 2.89. The average Bonchev–Trinajstić information content (AvgIpc) is 3.26. The smallest absolute Gasteiger partial charge is 0.229 e. The number of halogens is 2. The number of anilines is 2. The molecular weight excluding hydrogens is 438 g/mol. The molecule has 2 aromatic heterocycles. The number of hydrogen-bond acceptors (Lipinski definition) is 6. The van der Waals surface area contributed by atoms with E-state index in [1.165, 1.54) is 12.1 Å². The van der Waals surface area contributed by atoms with Crippen molar-refractivity contribution >= 4 is 17.5 Å². The summed E-state index contributed by atoms with van der Waals surface area (Å²) in [6.07, 6.45) is 1.71. The second-order valence-corrected chi connectivity index (χ2v) is 8.32. The third-order valence-electron chi connectivity index (χ3n) is 5.99. The lowest BCUT2D eigenvalue weighted by Crippen LogP contribution is -2.27. The molecule has 34 heavy (non-hydrogen) atoms. The van der Waals surface area contributed by atoms with Gasteiger partial charge in [-0.3, -0.25) is 9.78 Å². The molecule has 1 amide bonds. The second kappa shape index (κ2) is 10.6. The van der Waals surface area contributed by atoms with E-state index in [0.29, 0.717) is 54.4 Å². The number of primary amides is 1. The Labute approximate surface area is 197 Å². The van der Waals surface area contributed by atoms with Crippen molar-refractivity contribution in [2.24, 2.45) is 11.5 Å². The third kappa shape index (κ3) is 5.31. The monoisotopic (exact) mass is 466 g/mol. The van der Waals surface area contributed by atoms with E-state index >= 15 is 0 Å². The van der Waals surface area contributed by atoms with Gasteiger partial charge in [0.05, 0.1) is 18.2 Å². The Hall–Kier alpha value is -3.59. The molecule has 0 radical (unpaired) electrons. The van der Waals surface area contributed by atoms with Gasteiger partial charge < -0.3 is 21.7 Å². The quantitative estimate of drug-likeness (QED) is 0.447. The lowest BCUT2D eigenvalue weighted by molar-refractivity contribution is -0.118. The maximum absolute atomic E-state index is 13.8. The molecule has 4 rings (SSSR count). The van der Waals surface area contributed by atoms with Gasteiger partial charge in [0.1, 0.15) is 23.6 Å². The molecule has 3 aromatic rings. The minimum atomic E-state index is -0.897. The summed E-state index contributed by atoms with van der Waals surface area (Å²) in [4.78, 5) is 23.5. The predicted molar refractivity (Wildman–Crippen MR) is 128 cm³/mol. The summed E-state index contributed by atoms with van der Waals surface area (Å²) in [6.45, 7) is 1.43. The Morgan fingerprint density at radius 2 is 2.06 bits per heavy atom. The number of nitrogens with two attached hydrogens (primary N) is 2. The number of amides is 1. The van der Waals surface area contributed by atoms with Crippen molar-refractivity contribution < 1.29 is 13.6 Å². The molecule has 7 nitrogen and oxygen atoms in total. The molecule has 2 atom stereocenters. The zero-order chi connectivity index (χ0) is 24.1. The molecule has 1 aromatic carbocycles. The summed E-state index contributed by atoms with van der Waals surface area (Å²) in [6, 6.07) is 13.5. The Morgan fingerprint density at radius 3 is 2.76 bits per heavy atom. The van der Waals surface area contributed by atoms with Crippen LogP contribution < -0.4 is 21.7 Å². The highest BCUT2D eigenvalue weighted by Gasteiger charge is 2.28. The Balaban J connectivity index is 1.68. The van der Waals surface area contributed by atoms with Crippen LogP contribution in [0.4, 0.5) is 20.4 Å². The van der Waals surface area contributed by atoms with Gasteiger partial charge in [0, 0.05) is 31.4 Å². The minimum absolute atomic E-state index is 0.152. The van der Waals surface area contributed by atoms with Crippen molar-refractivity contribution in [3.05, 3.63) is 82.9 Å². The number of pyridine rings is 2. The van der Waals surface area contributed by atoms with Crippen LogP contribution in [0.15, 0.2) is 54.7 Å². The van der Waals surface area contributed by atoms with E-state index in [-0.39, 0.29) is 18.9 Å². The lowest BCUT2D eigenvalue weighted by Gasteiger charge is -2.23. The molecule has 0 bridgehead atoms. The van der Waals surface area contributed by atoms with Crippen LogP contribution in [0, 0.1) is 5.82 Å². The van der Waals surface area contributed by atoms with Crippen LogP contribution in [0.2, 0.25) is 0 Å². The van der Waals surface area contributed by atoms with Gasteiger partial charge in [-0.25, -0.2) is 13.8 Å². The first-order valence-electron chi connectivity index (χ1n) is 11.3. The topological polar surface area (TPSA) is 110 Å². The number of hydrogen-bond donors (Lipinski definition) is 3. The highest BCUT2D eigenvalue weighted by molar-refractivity contribution is 5.87. The molecule has 178 valence electrons. The van der Waals surface area contributed by atoms with E-state index in [9.17, 15) is 13.6 Å². The van der Waals surface area contributed by atoms with Crippen molar-refractivity contribution in [3.8, 4) is 0 Å². The summed E-state index contributed by atoms with van der Waals surface area (Å²) in [5.41, 5.74) is 14.3. The van der Waals surface area contributed by atoms with Crippen LogP contribution in [0.5, 0.6) is 0 Å². The average molecular weight is 467 g/mol. The number of benzene rings is 1. The molecule has 3 heterocycles. The fourth-order valence-corrected chi connectivity index (χ4v) is 4.31. The summed E-state index contributed by atoms with van der Waals surface area (Å²) in [5.74, 6) is -0.598. The first-order valence-corrected chi connectivity index (χ1v) is 11.3. The maximum Gasteiger partial charge on any atom is 0.229 e. The Bertz CT molecular complexity index is 1160. The number of nitrogens with one attached hydrogen (secondary N) is 1. The largest absolute Gasteiger partial charge is 0.369 e. The lowest BCUT2D eigenvalue weighted by atomic mass is 9.89.